The highest BCUT2D eigenvalue weighted by molar-refractivity contribution is 7.98. The molecule has 22 heavy (non-hydrogen) atoms. The lowest BCUT2D eigenvalue weighted by atomic mass is 10.2. The quantitative estimate of drug-likeness (QED) is 0.819. The van der Waals surface area contributed by atoms with Crippen molar-refractivity contribution in [2.75, 3.05) is 11.6 Å². The molecule has 0 aliphatic heterocycles. The largest absolute Gasteiger partial charge is 0.307 e. The minimum Gasteiger partial charge on any atom is -0.307 e. The molecule has 116 valence electrons. The second kappa shape index (κ2) is 6.34. The lowest BCUT2D eigenvalue weighted by Gasteiger charge is -2.15. The summed E-state index contributed by atoms with van der Waals surface area (Å²) in [7, 11) is 0. The first-order valence-corrected chi connectivity index (χ1v) is 8.89. The number of nitrogens with one attached hydrogen (secondary N) is 1. The van der Waals surface area contributed by atoms with Gasteiger partial charge in [0.15, 0.2) is 0 Å². The van der Waals surface area contributed by atoms with E-state index in [0.717, 1.165) is 10.7 Å². The topological polar surface area (TPSA) is 46.9 Å². The van der Waals surface area contributed by atoms with Crippen LogP contribution >= 0.6 is 23.4 Å². The van der Waals surface area contributed by atoms with Gasteiger partial charge in [-0.2, -0.15) is 5.10 Å². The van der Waals surface area contributed by atoms with E-state index in [1.165, 1.54) is 12.8 Å². The Morgan fingerprint density at radius 1 is 1.45 bits per heavy atom. The van der Waals surface area contributed by atoms with Gasteiger partial charge in [0.2, 0.25) is 0 Å². The average Bonchev–Trinajstić information content (AvgIpc) is 3.27. The van der Waals surface area contributed by atoms with E-state index in [0.29, 0.717) is 22.5 Å². The van der Waals surface area contributed by atoms with E-state index in [4.69, 9.17) is 11.6 Å². The number of hydrogen-bond acceptors (Lipinski definition) is 3. The first-order chi connectivity index (χ1) is 10.6. The van der Waals surface area contributed by atoms with Gasteiger partial charge in [0.25, 0.3) is 5.91 Å². The fraction of sp³-hybridized carbons (Fsp3) is 0.375. The summed E-state index contributed by atoms with van der Waals surface area (Å²) in [6.07, 6.45) is 6.15. The van der Waals surface area contributed by atoms with Gasteiger partial charge in [0.1, 0.15) is 5.82 Å². The Morgan fingerprint density at radius 3 is 2.91 bits per heavy atom. The Morgan fingerprint density at radius 2 is 2.23 bits per heavy atom. The number of amides is 1. The van der Waals surface area contributed by atoms with E-state index in [2.05, 4.69) is 17.3 Å². The molecule has 0 saturated heterocycles. The maximum atomic E-state index is 12.5. The highest BCUT2D eigenvalue weighted by Gasteiger charge is 2.30. The summed E-state index contributed by atoms with van der Waals surface area (Å²) < 4.78 is 1.89. The fourth-order valence-corrected chi connectivity index (χ4v) is 3.15. The van der Waals surface area contributed by atoms with Crippen LogP contribution in [0, 0.1) is 5.92 Å². The molecular formula is C16H18ClN3OS. The van der Waals surface area contributed by atoms with Gasteiger partial charge in [-0.05, 0) is 50.1 Å². The second-order valence-electron chi connectivity index (χ2n) is 5.54. The van der Waals surface area contributed by atoms with Crippen LogP contribution in [0.15, 0.2) is 35.4 Å². The van der Waals surface area contributed by atoms with Crippen LogP contribution in [0.25, 0.3) is 0 Å². The molecule has 1 atom stereocenters. The van der Waals surface area contributed by atoms with Crippen molar-refractivity contribution in [2.45, 2.75) is 30.7 Å². The van der Waals surface area contributed by atoms with Gasteiger partial charge in [0, 0.05) is 11.0 Å². The molecule has 3 rings (SSSR count). The lowest BCUT2D eigenvalue weighted by molar-refractivity contribution is 0.102. The Balaban J connectivity index is 1.81. The van der Waals surface area contributed by atoms with Crippen LogP contribution in [0.4, 0.5) is 5.82 Å². The molecule has 6 heteroatoms. The molecule has 1 aromatic carbocycles. The van der Waals surface area contributed by atoms with Crippen LogP contribution < -0.4 is 5.32 Å². The van der Waals surface area contributed by atoms with E-state index in [1.54, 1.807) is 24.0 Å². The van der Waals surface area contributed by atoms with Gasteiger partial charge in [-0.3, -0.25) is 4.79 Å². The molecule has 1 N–H and O–H groups in total. The van der Waals surface area contributed by atoms with Gasteiger partial charge >= 0.3 is 0 Å². The van der Waals surface area contributed by atoms with E-state index < -0.39 is 0 Å². The number of carbonyl (C=O) groups is 1. The van der Waals surface area contributed by atoms with Crippen molar-refractivity contribution in [3.05, 3.63) is 41.0 Å². The number of thioether (sulfide) groups is 1. The zero-order chi connectivity index (χ0) is 15.7. The molecule has 4 nitrogen and oxygen atoms in total. The summed E-state index contributed by atoms with van der Waals surface area (Å²) in [6, 6.07) is 7.60. The summed E-state index contributed by atoms with van der Waals surface area (Å²) in [5, 5.41) is 7.73. The molecule has 1 saturated carbocycles. The standard InChI is InChI=1S/C16H18ClN3OS/c1-10(11-3-4-11)20-15(7-8-18-20)19-16(21)13-9-12(22-2)5-6-14(13)17/h5-11H,3-4H2,1-2H3,(H,19,21). The third kappa shape index (κ3) is 3.15. The SMILES string of the molecule is CSc1ccc(Cl)c(C(=O)Nc2ccnn2C(C)C2CC2)c1. The van der Waals surface area contributed by atoms with Crippen LogP contribution in [0.5, 0.6) is 0 Å². The summed E-state index contributed by atoms with van der Waals surface area (Å²) in [5.74, 6) is 1.18. The predicted octanol–water partition coefficient (Wildman–Crippen LogP) is 4.48. The minimum atomic E-state index is -0.203. The van der Waals surface area contributed by atoms with Crippen molar-refractivity contribution < 1.29 is 4.79 Å². The molecule has 1 aliphatic carbocycles. The van der Waals surface area contributed by atoms with Crippen LogP contribution in [0.1, 0.15) is 36.2 Å². The highest BCUT2D eigenvalue weighted by Crippen LogP contribution is 2.40. The lowest BCUT2D eigenvalue weighted by Crippen LogP contribution is -2.18. The Hall–Kier alpha value is -1.46. The fourth-order valence-electron chi connectivity index (χ4n) is 2.51. The van der Waals surface area contributed by atoms with E-state index in [1.807, 2.05) is 29.1 Å². The number of halogens is 1. The van der Waals surface area contributed by atoms with Crippen molar-refractivity contribution in [2.24, 2.45) is 5.92 Å². The van der Waals surface area contributed by atoms with E-state index in [-0.39, 0.29) is 5.91 Å². The molecule has 1 unspecified atom stereocenters. The van der Waals surface area contributed by atoms with Gasteiger partial charge in [-0.1, -0.05) is 11.6 Å². The van der Waals surface area contributed by atoms with Crippen molar-refractivity contribution in [3.63, 3.8) is 0 Å². The minimum absolute atomic E-state index is 0.203. The molecule has 0 radical (unpaired) electrons. The number of hydrogen-bond donors (Lipinski definition) is 1. The van der Waals surface area contributed by atoms with E-state index in [9.17, 15) is 4.79 Å². The van der Waals surface area contributed by atoms with Gasteiger partial charge in [-0.25, -0.2) is 4.68 Å². The Bertz CT molecular complexity index is 696. The molecule has 1 amide bonds. The molecule has 0 spiro atoms. The monoisotopic (exact) mass is 335 g/mol. The molecule has 1 fully saturated rings. The predicted molar refractivity (Wildman–Crippen MR) is 90.8 cm³/mol. The smallest absolute Gasteiger partial charge is 0.258 e. The van der Waals surface area contributed by atoms with Gasteiger partial charge in [0.05, 0.1) is 22.8 Å². The number of rotatable bonds is 5. The van der Waals surface area contributed by atoms with Crippen LogP contribution in [-0.2, 0) is 0 Å². The van der Waals surface area contributed by atoms with Crippen molar-refractivity contribution >= 4 is 35.1 Å². The Labute approximate surface area is 139 Å². The summed E-state index contributed by atoms with van der Waals surface area (Å²) >= 11 is 7.74. The molecule has 0 bridgehead atoms. The van der Waals surface area contributed by atoms with E-state index >= 15 is 0 Å². The maximum Gasteiger partial charge on any atom is 0.258 e. The third-order valence-corrected chi connectivity index (χ3v) is 5.07. The first-order valence-electron chi connectivity index (χ1n) is 7.28. The second-order valence-corrected chi connectivity index (χ2v) is 6.83. The zero-order valence-corrected chi connectivity index (χ0v) is 14.1. The van der Waals surface area contributed by atoms with Crippen molar-refractivity contribution in [1.82, 2.24) is 9.78 Å². The number of anilines is 1. The molecule has 1 aliphatic rings. The van der Waals surface area contributed by atoms with Gasteiger partial charge in [-0.15, -0.1) is 11.8 Å². The van der Waals surface area contributed by atoms with Crippen molar-refractivity contribution in [1.29, 1.82) is 0 Å². The average molecular weight is 336 g/mol. The first kappa shape index (κ1) is 15.4. The number of benzene rings is 1. The van der Waals surface area contributed by atoms with Crippen LogP contribution in [0.3, 0.4) is 0 Å². The normalized spacial score (nSPS) is 15.6. The number of nitrogens with zero attached hydrogens (tertiary/aromatic N) is 2. The van der Waals surface area contributed by atoms with Crippen molar-refractivity contribution in [3.8, 4) is 0 Å². The third-order valence-electron chi connectivity index (χ3n) is 4.02. The molecule has 2 aromatic rings. The number of aromatic nitrogens is 2. The Kier molecular flexibility index (Phi) is 4.45. The van der Waals surface area contributed by atoms with Gasteiger partial charge < -0.3 is 5.32 Å². The molecule has 1 heterocycles. The summed E-state index contributed by atoms with van der Waals surface area (Å²) in [4.78, 5) is 13.5. The zero-order valence-electron chi connectivity index (χ0n) is 12.5. The summed E-state index contributed by atoms with van der Waals surface area (Å²) in [6.45, 7) is 2.14. The highest BCUT2D eigenvalue weighted by atomic mass is 35.5. The molecule has 1 aromatic heterocycles. The van der Waals surface area contributed by atoms with Crippen LogP contribution in [-0.4, -0.2) is 21.9 Å². The number of carbonyl (C=O) groups excluding carboxylic acids is 1. The molecular weight excluding hydrogens is 318 g/mol. The summed E-state index contributed by atoms with van der Waals surface area (Å²) in [5.41, 5.74) is 0.486. The van der Waals surface area contributed by atoms with Crippen LogP contribution in [0.2, 0.25) is 5.02 Å². The maximum absolute atomic E-state index is 12.5.